The van der Waals surface area contributed by atoms with Gasteiger partial charge in [-0.1, -0.05) is 11.3 Å². The van der Waals surface area contributed by atoms with Gasteiger partial charge in [-0.05, 0) is 15.9 Å². The third kappa shape index (κ3) is 1.72. The van der Waals surface area contributed by atoms with Crippen molar-refractivity contribution < 1.29 is 8.78 Å². The van der Waals surface area contributed by atoms with Crippen LogP contribution in [0.1, 0.15) is 12.2 Å². The number of aryl methyl sites for hydroxylation is 1. The number of rotatable bonds is 2. The van der Waals surface area contributed by atoms with Crippen LogP contribution in [-0.4, -0.2) is 29.6 Å². The van der Waals surface area contributed by atoms with E-state index in [2.05, 4.69) is 36.3 Å². The van der Waals surface area contributed by atoms with Gasteiger partial charge in [-0.15, -0.1) is 10.2 Å². The summed E-state index contributed by atoms with van der Waals surface area (Å²) in [6.07, 6.45) is -0.951. The Morgan fingerprint density at radius 2 is 2.11 bits per heavy atom. The van der Waals surface area contributed by atoms with Crippen LogP contribution in [0.5, 0.6) is 0 Å². The van der Waals surface area contributed by atoms with Gasteiger partial charge in [-0.2, -0.15) is 14.7 Å². The number of aromatic nitrogens is 6. The smallest absolute Gasteiger partial charge is 0.274 e. The van der Waals surface area contributed by atoms with Crippen molar-refractivity contribution >= 4 is 32.2 Å². The molecule has 94 valence electrons. The van der Waals surface area contributed by atoms with Crippen molar-refractivity contribution in [2.45, 2.75) is 6.43 Å². The molecular formula is C8H5BrF2N6S. The fourth-order valence-electron chi connectivity index (χ4n) is 1.47. The van der Waals surface area contributed by atoms with Gasteiger partial charge < -0.3 is 0 Å². The number of alkyl halides is 2. The highest BCUT2D eigenvalue weighted by molar-refractivity contribution is 9.10. The third-order valence-electron chi connectivity index (χ3n) is 2.20. The zero-order valence-corrected chi connectivity index (χ0v) is 11.3. The summed E-state index contributed by atoms with van der Waals surface area (Å²) in [5.74, 6) is -0.459. The van der Waals surface area contributed by atoms with E-state index in [1.807, 2.05) is 0 Å². The van der Waals surface area contributed by atoms with E-state index < -0.39 is 12.2 Å². The van der Waals surface area contributed by atoms with Crippen molar-refractivity contribution in [3.63, 3.8) is 0 Å². The summed E-state index contributed by atoms with van der Waals surface area (Å²) < 4.78 is 28.7. The summed E-state index contributed by atoms with van der Waals surface area (Å²) in [6, 6.07) is 0. The molecule has 18 heavy (non-hydrogen) atoms. The maximum atomic E-state index is 12.6. The number of hydrogen-bond donors (Lipinski definition) is 0. The second-order valence-electron chi connectivity index (χ2n) is 3.46. The molecule has 0 aliphatic carbocycles. The molecule has 3 heterocycles. The van der Waals surface area contributed by atoms with E-state index in [1.165, 1.54) is 0 Å². The standard InChI is InChI=1S/C8H5BrF2N6S/c1-16-2-3(9)4(14-16)7-15-17-6(5(10)11)12-13-8(17)18-7/h2,5H,1H3. The second kappa shape index (κ2) is 4.05. The van der Waals surface area contributed by atoms with Crippen LogP contribution < -0.4 is 0 Å². The number of hydrogen-bond acceptors (Lipinski definition) is 5. The molecule has 0 bridgehead atoms. The van der Waals surface area contributed by atoms with Crippen LogP contribution in [-0.2, 0) is 7.05 Å². The number of fused-ring (bicyclic) bond motifs is 1. The van der Waals surface area contributed by atoms with E-state index >= 15 is 0 Å². The van der Waals surface area contributed by atoms with Gasteiger partial charge in [-0.25, -0.2) is 8.78 Å². The van der Waals surface area contributed by atoms with E-state index in [0.717, 1.165) is 20.3 Å². The van der Waals surface area contributed by atoms with Gasteiger partial charge in [-0.3, -0.25) is 4.68 Å². The minimum absolute atomic E-state index is 0.317. The van der Waals surface area contributed by atoms with E-state index in [0.29, 0.717) is 15.7 Å². The second-order valence-corrected chi connectivity index (χ2v) is 5.27. The van der Waals surface area contributed by atoms with E-state index in [-0.39, 0.29) is 0 Å². The summed E-state index contributed by atoms with van der Waals surface area (Å²) in [4.78, 5) is 0.317. The van der Waals surface area contributed by atoms with Crippen molar-refractivity contribution in [2.24, 2.45) is 7.05 Å². The Hall–Kier alpha value is -1.42. The average Bonchev–Trinajstić information content (AvgIpc) is 2.90. The molecule has 3 aromatic rings. The molecule has 0 aromatic carbocycles. The topological polar surface area (TPSA) is 60.9 Å². The molecule has 0 amide bonds. The summed E-state index contributed by atoms with van der Waals surface area (Å²) in [7, 11) is 1.76. The van der Waals surface area contributed by atoms with Gasteiger partial charge >= 0.3 is 0 Å². The first-order chi connectivity index (χ1) is 8.56. The normalized spacial score (nSPS) is 11.8. The summed E-state index contributed by atoms with van der Waals surface area (Å²) in [5.41, 5.74) is 0.591. The van der Waals surface area contributed by atoms with Gasteiger partial charge in [0.25, 0.3) is 6.43 Å². The molecule has 0 saturated carbocycles. The largest absolute Gasteiger partial charge is 0.299 e. The molecule has 0 aliphatic rings. The highest BCUT2D eigenvalue weighted by Crippen LogP contribution is 2.31. The first-order valence-corrected chi connectivity index (χ1v) is 6.37. The fraction of sp³-hybridized carbons (Fsp3) is 0.250. The summed E-state index contributed by atoms with van der Waals surface area (Å²) in [6.45, 7) is 0. The van der Waals surface area contributed by atoms with Crippen molar-refractivity contribution in [1.29, 1.82) is 0 Å². The predicted molar refractivity (Wildman–Crippen MR) is 63.5 cm³/mol. The Kier molecular flexibility index (Phi) is 2.63. The molecule has 0 saturated heterocycles. The fourth-order valence-corrected chi connectivity index (χ4v) is 3.01. The average molecular weight is 335 g/mol. The Morgan fingerprint density at radius 3 is 2.72 bits per heavy atom. The first kappa shape index (κ1) is 11.7. The predicted octanol–water partition coefficient (Wildman–Crippen LogP) is 2.29. The molecule has 0 N–H and O–H groups in total. The lowest BCUT2D eigenvalue weighted by molar-refractivity contribution is 0.137. The molecule has 0 spiro atoms. The first-order valence-electron chi connectivity index (χ1n) is 4.76. The molecule has 0 fully saturated rings. The van der Waals surface area contributed by atoms with Gasteiger partial charge in [0.1, 0.15) is 5.69 Å². The van der Waals surface area contributed by atoms with E-state index in [9.17, 15) is 8.78 Å². The van der Waals surface area contributed by atoms with Gasteiger partial charge in [0.15, 0.2) is 5.01 Å². The maximum Gasteiger partial charge on any atom is 0.299 e. The minimum Gasteiger partial charge on any atom is -0.274 e. The Labute approximate surface area is 111 Å². The minimum atomic E-state index is -2.71. The molecule has 3 rings (SSSR count). The van der Waals surface area contributed by atoms with Crippen LogP contribution in [0.15, 0.2) is 10.7 Å². The SMILES string of the molecule is Cn1cc(Br)c(-c2nn3c(C(F)F)nnc3s2)n1. The van der Waals surface area contributed by atoms with Crippen molar-refractivity contribution in [1.82, 2.24) is 29.6 Å². The zero-order chi connectivity index (χ0) is 12.9. The lowest BCUT2D eigenvalue weighted by Crippen LogP contribution is -1.96. The molecule has 0 unspecified atom stereocenters. The zero-order valence-electron chi connectivity index (χ0n) is 8.88. The number of nitrogens with zero attached hydrogens (tertiary/aromatic N) is 6. The molecule has 0 aliphatic heterocycles. The van der Waals surface area contributed by atoms with Gasteiger partial charge in [0.2, 0.25) is 10.8 Å². The van der Waals surface area contributed by atoms with Gasteiger partial charge in [0, 0.05) is 13.2 Å². The van der Waals surface area contributed by atoms with Crippen LogP contribution in [0, 0.1) is 0 Å². The lowest BCUT2D eigenvalue weighted by atomic mass is 10.5. The van der Waals surface area contributed by atoms with Crippen LogP contribution >= 0.6 is 27.3 Å². The number of halogens is 3. The molecule has 0 radical (unpaired) electrons. The maximum absolute atomic E-state index is 12.6. The van der Waals surface area contributed by atoms with E-state index in [4.69, 9.17) is 0 Å². The third-order valence-corrected chi connectivity index (χ3v) is 3.68. The van der Waals surface area contributed by atoms with Crippen molar-refractivity contribution in [3.8, 4) is 10.7 Å². The molecular weight excluding hydrogens is 330 g/mol. The highest BCUT2D eigenvalue weighted by Gasteiger charge is 2.21. The Morgan fingerprint density at radius 1 is 1.33 bits per heavy atom. The van der Waals surface area contributed by atoms with Crippen LogP contribution in [0.25, 0.3) is 15.7 Å². The van der Waals surface area contributed by atoms with E-state index in [1.54, 1.807) is 17.9 Å². The lowest BCUT2D eigenvalue weighted by Gasteiger charge is -1.92. The van der Waals surface area contributed by atoms with Crippen molar-refractivity contribution in [3.05, 3.63) is 16.5 Å². The molecule has 10 heteroatoms. The molecule has 3 aromatic heterocycles. The van der Waals surface area contributed by atoms with Crippen LogP contribution in [0.4, 0.5) is 8.78 Å². The summed E-state index contributed by atoms with van der Waals surface area (Å²) in [5, 5.41) is 15.8. The quantitative estimate of drug-likeness (QED) is 0.721. The Bertz CT molecular complexity index is 716. The van der Waals surface area contributed by atoms with Crippen molar-refractivity contribution in [2.75, 3.05) is 0 Å². The monoisotopic (exact) mass is 334 g/mol. The molecule has 6 nitrogen and oxygen atoms in total. The Balaban J connectivity index is 2.17. The summed E-state index contributed by atoms with van der Waals surface area (Å²) >= 11 is 4.49. The highest BCUT2D eigenvalue weighted by atomic mass is 79.9. The van der Waals surface area contributed by atoms with Crippen LogP contribution in [0.3, 0.4) is 0 Å². The van der Waals surface area contributed by atoms with Gasteiger partial charge in [0.05, 0.1) is 4.47 Å². The molecule has 0 atom stereocenters. The van der Waals surface area contributed by atoms with Crippen LogP contribution in [0.2, 0.25) is 0 Å².